The Bertz CT molecular complexity index is 725. The van der Waals surface area contributed by atoms with E-state index >= 15 is 0 Å². The predicted molar refractivity (Wildman–Crippen MR) is 104 cm³/mol. The highest BCUT2D eigenvalue weighted by Crippen LogP contribution is 2.31. The molecule has 2 rings (SSSR count). The molecular weight excluding hydrogens is 378 g/mol. The molecule has 1 aromatic carbocycles. The molecule has 2 atom stereocenters. The van der Waals surface area contributed by atoms with Crippen molar-refractivity contribution in [1.29, 1.82) is 0 Å². The SMILES string of the molecule is CCOc1ccc(S(=O)(=O)N(C)C)cc1NC(=O)C[C@@H]1CCC[C@H]1N.Cl. The Morgan fingerprint density at radius 1 is 1.35 bits per heavy atom. The molecule has 0 spiro atoms. The third-order valence-electron chi connectivity index (χ3n) is 4.47. The number of nitrogens with zero attached hydrogens (tertiary/aromatic N) is 1. The van der Waals surface area contributed by atoms with E-state index in [1.165, 1.54) is 26.2 Å². The van der Waals surface area contributed by atoms with Crippen LogP contribution in [0.2, 0.25) is 0 Å². The number of hydrogen-bond acceptors (Lipinski definition) is 5. The van der Waals surface area contributed by atoms with E-state index in [4.69, 9.17) is 10.5 Å². The second-order valence-electron chi connectivity index (χ2n) is 6.49. The molecule has 148 valence electrons. The zero-order valence-corrected chi connectivity index (χ0v) is 17.0. The van der Waals surface area contributed by atoms with E-state index in [-0.39, 0.29) is 35.2 Å². The molecule has 1 amide bonds. The summed E-state index contributed by atoms with van der Waals surface area (Å²) in [5, 5.41) is 2.79. The van der Waals surface area contributed by atoms with Crippen molar-refractivity contribution >= 4 is 34.0 Å². The van der Waals surface area contributed by atoms with Gasteiger partial charge in [0.1, 0.15) is 5.75 Å². The van der Waals surface area contributed by atoms with E-state index in [9.17, 15) is 13.2 Å². The fourth-order valence-corrected chi connectivity index (χ4v) is 3.95. The molecule has 3 N–H and O–H groups in total. The minimum Gasteiger partial charge on any atom is -0.492 e. The molecular formula is C17H28ClN3O4S. The Morgan fingerprint density at radius 2 is 2.04 bits per heavy atom. The number of sulfonamides is 1. The lowest BCUT2D eigenvalue weighted by Crippen LogP contribution is -2.28. The molecule has 1 aromatic rings. The summed E-state index contributed by atoms with van der Waals surface area (Å²) in [6.07, 6.45) is 3.26. The van der Waals surface area contributed by atoms with Gasteiger partial charge in [0.25, 0.3) is 0 Å². The van der Waals surface area contributed by atoms with E-state index in [1.54, 1.807) is 6.07 Å². The summed E-state index contributed by atoms with van der Waals surface area (Å²) in [6.45, 7) is 2.24. The van der Waals surface area contributed by atoms with Crippen LogP contribution in [0.5, 0.6) is 5.75 Å². The fraction of sp³-hybridized carbons (Fsp3) is 0.588. The van der Waals surface area contributed by atoms with Gasteiger partial charge in [0.2, 0.25) is 15.9 Å². The van der Waals surface area contributed by atoms with Gasteiger partial charge in [-0.05, 0) is 43.9 Å². The van der Waals surface area contributed by atoms with E-state index < -0.39 is 10.0 Å². The van der Waals surface area contributed by atoms with Crippen LogP contribution >= 0.6 is 12.4 Å². The first-order valence-corrected chi connectivity index (χ1v) is 9.94. The van der Waals surface area contributed by atoms with Gasteiger partial charge in [-0.25, -0.2) is 12.7 Å². The highest BCUT2D eigenvalue weighted by atomic mass is 35.5. The number of hydrogen-bond donors (Lipinski definition) is 2. The Labute approximate surface area is 161 Å². The molecule has 0 aromatic heterocycles. The predicted octanol–water partition coefficient (Wildman–Crippen LogP) is 2.21. The number of nitrogens with one attached hydrogen (secondary N) is 1. The van der Waals surface area contributed by atoms with Crippen LogP contribution in [0.1, 0.15) is 32.6 Å². The third kappa shape index (κ3) is 5.33. The minimum absolute atomic E-state index is 0. The first-order valence-electron chi connectivity index (χ1n) is 8.50. The Hall–Kier alpha value is -1.35. The number of rotatable bonds is 7. The molecule has 26 heavy (non-hydrogen) atoms. The molecule has 1 saturated carbocycles. The van der Waals surface area contributed by atoms with Crippen LogP contribution in [0.15, 0.2) is 23.1 Å². The number of carbonyl (C=O) groups is 1. The smallest absolute Gasteiger partial charge is 0.242 e. The van der Waals surface area contributed by atoms with Gasteiger partial charge in [-0.1, -0.05) is 6.42 Å². The zero-order valence-electron chi connectivity index (χ0n) is 15.4. The molecule has 0 bridgehead atoms. The molecule has 9 heteroatoms. The lowest BCUT2D eigenvalue weighted by atomic mass is 10.00. The molecule has 0 saturated heterocycles. The van der Waals surface area contributed by atoms with Crippen LogP contribution in [0, 0.1) is 5.92 Å². The summed E-state index contributed by atoms with van der Waals surface area (Å²) in [6, 6.07) is 4.53. The molecule has 1 fully saturated rings. The summed E-state index contributed by atoms with van der Waals surface area (Å²) in [5.74, 6) is 0.441. The highest BCUT2D eigenvalue weighted by Gasteiger charge is 2.27. The lowest BCUT2D eigenvalue weighted by Gasteiger charge is -2.18. The van der Waals surface area contributed by atoms with Crippen LogP contribution < -0.4 is 15.8 Å². The van der Waals surface area contributed by atoms with Gasteiger partial charge in [-0.15, -0.1) is 12.4 Å². The Balaban J connectivity index is 0.00000338. The monoisotopic (exact) mass is 405 g/mol. The van der Waals surface area contributed by atoms with Gasteiger partial charge < -0.3 is 15.8 Å². The summed E-state index contributed by atoms with van der Waals surface area (Å²) >= 11 is 0. The van der Waals surface area contributed by atoms with E-state index in [2.05, 4.69) is 5.32 Å². The maximum absolute atomic E-state index is 12.4. The van der Waals surface area contributed by atoms with Crippen molar-refractivity contribution in [3.8, 4) is 5.75 Å². The highest BCUT2D eigenvalue weighted by molar-refractivity contribution is 7.89. The Morgan fingerprint density at radius 3 is 2.58 bits per heavy atom. The maximum atomic E-state index is 12.4. The summed E-state index contributed by atoms with van der Waals surface area (Å²) < 4.78 is 31.3. The average molecular weight is 406 g/mol. The summed E-state index contributed by atoms with van der Waals surface area (Å²) in [7, 11) is -0.664. The second-order valence-corrected chi connectivity index (χ2v) is 8.64. The standard InChI is InChI=1S/C17H27N3O4S.ClH/c1-4-24-16-9-8-13(25(22,23)20(2)3)11-15(16)19-17(21)10-12-6-5-7-14(12)18;/h8-9,11-12,14H,4-7,10,18H2,1-3H3,(H,19,21);1H/t12-,14+;/m0./s1. The van der Waals surface area contributed by atoms with Crippen LogP contribution in [0.3, 0.4) is 0 Å². The number of nitrogens with two attached hydrogens (primary N) is 1. The molecule has 7 nitrogen and oxygen atoms in total. The van der Waals surface area contributed by atoms with Crippen LogP contribution in [0.4, 0.5) is 5.69 Å². The summed E-state index contributed by atoms with van der Waals surface area (Å²) in [5.41, 5.74) is 6.39. The Kier molecular flexibility index (Phi) is 8.33. The number of benzene rings is 1. The van der Waals surface area contributed by atoms with Crippen molar-refractivity contribution in [2.24, 2.45) is 11.7 Å². The topological polar surface area (TPSA) is 102 Å². The van der Waals surface area contributed by atoms with E-state index in [1.807, 2.05) is 6.92 Å². The van der Waals surface area contributed by atoms with Crippen molar-refractivity contribution in [1.82, 2.24) is 4.31 Å². The zero-order chi connectivity index (χ0) is 18.6. The quantitative estimate of drug-likeness (QED) is 0.724. The fourth-order valence-electron chi connectivity index (χ4n) is 3.02. The minimum atomic E-state index is -3.59. The average Bonchev–Trinajstić information content (AvgIpc) is 2.94. The molecule has 0 unspecified atom stereocenters. The molecule has 0 aliphatic heterocycles. The molecule has 0 radical (unpaired) electrons. The molecule has 1 aliphatic rings. The van der Waals surface area contributed by atoms with E-state index in [0.29, 0.717) is 24.5 Å². The van der Waals surface area contributed by atoms with Crippen molar-refractivity contribution in [3.05, 3.63) is 18.2 Å². The number of carbonyl (C=O) groups excluding carboxylic acids is 1. The van der Waals surface area contributed by atoms with Crippen LogP contribution in [0.25, 0.3) is 0 Å². The van der Waals surface area contributed by atoms with Crippen molar-refractivity contribution in [3.63, 3.8) is 0 Å². The van der Waals surface area contributed by atoms with E-state index in [0.717, 1.165) is 23.6 Å². The van der Waals surface area contributed by atoms with Crippen molar-refractivity contribution in [2.75, 3.05) is 26.0 Å². The normalized spacial score (nSPS) is 19.9. The van der Waals surface area contributed by atoms with Crippen LogP contribution in [-0.2, 0) is 14.8 Å². The largest absolute Gasteiger partial charge is 0.492 e. The van der Waals surface area contributed by atoms with Gasteiger partial charge in [0.05, 0.1) is 17.2 Å². The molecule has 0 heterocycles. The second kappa shape index (κ2) is 9.55. The summed E-state index contributed by atoms with van der Waals surface area (Å²) in [4.78, 5) is 12.5. The van der Waals surface area contributed by atoms with Crippen molar-refractivity contribution in [2.45, 2.75) is 43.5 Å². The lowest BCUT2D eigenvalue weighted by molar-refractivity contribution is -0.117. The van der Waals surface area contributed by atoms with Gasteiger partial charge >= 0.3 is 0 Å². The first-order chi connectivity index (χ1) is 11.8. The number of halogens is 1. The number of amides is 1. The van der Waals surface area contributed by atoms with Gasteiger partial charge in [-0.2, -0.15) is 0 Å². The first kappa shape index (κ1) is 22.7. The maximum Gasteiger partial charge on any atom is 0.242 e. The molecule has 1 aliphatic carbocycles. The number of anilines is 1. The third-order valence-corrected chi connectivity index (χ3v) is 6.28. The number of ether oxygens (including phenoxy) is 1. The van der Waals surface area contributed by atoms with Crippen molar-refractivity contribution < 1.29 is 17.9 Å². The van der Waals surface area contributed by atoms with Gasteiger partial charge in [0.15, 0.2) is 0 Å². The van der Waals surface area contributed by atoms with Crippen LogP contribution in [-0.4, -0.2) is 45.4 Å². The van der Waals surface area contributed by atoms with Gasteiger partial charge in [0, 0.05) is 26.6 Å². The van der Waals surface area contributed by atoms with Gasteiger partial charge in [-0.3, -0.25) is 4.79 Å².